The van der Waals surface area contributed by atoms with Crippen LogP contribution in [0.15, 0.2) is 24.8 Å². The van der Waals surface area contributed by atoms with Gasteiger partial charge in [-0.25, -0.2) is 0 Å². The van der Waals surface area contributed by atoms with Crippen molar-refractivity contribution < 1.29 is 14.4 Å². The van der Waals surface area contributed by atoms with Crippen molar-refractivity contribution in [2.45, 2.75) is 6.42 Å². The first-order valence-corrected chi connectivity index (χ1v) is 2.93. The predicted molar refractivity (Wildman–Crippen MR) is 42.1 cm³/mol. The largest absolute Gasteiger partial charge is 0.303 e. The fourth-order valence-electron chi connectivity index (χ4n) is 0.159. The summed E-state index contributed by atoms with van der Waals surface area (Å²) in [5.74, 6) is 0. The quantitative estimate of drug-likeness (QED) is 0.340. The second-order valence-corrected chi connectivity index (χ2v) is 1.35. The molecular formula is C8H10O3. The summed E-state index contributed by atoms with van der Waals surface area (Å²) in [4.78, 5) is 28.0. The molecule has 0 amide bonds. The molecule has 0 atom stereocenters. The van der Waals surface area contributed by atoms with E-state index >= 15 is 0 Å². The number of carbonyl (C=O) groups excluding carboxylic acids is 3. The highest BCUT2D eigenvalue weighted by molar-refractivity contribution is 5.75. The first kappa shape index (κ1) is 12.2. The summed E-state index contributed by atoms with van der Waals surface area (Å²) in [6, 6.07) is 0. The molecule has 0 unspecified atom stereocenters. The van der Waals surface area contributed by atoms with Gasteiger partial charge >= 0.3 is 0 Å². The fourth-order valence-corrected chi connectivity index (χ4v) is 0.159. The van der Waals surface area contributed by atoms with Crippen molar-refractivity contribution in [3.63, 3.8) is 0 Å². The molecule has 0 aromatic heterocycles. The first-order chi connectivity index (χ1) is 5.33. The van der Waals surface area contributed by atoms with Gasteiger partial charge in [0.25, 0.3) is 0 Å². The van der Waals surface area contributed by atoms with Crippen molar-refractivity contribution >= 4 is 18.9 Å². The molecule has 0 aromatic carbocycles. The Hall–Kier alpha value is -1.51. The molecule has 0 saturated carbocycles. The Morgan fingerprint density at radius 3 is 1.55 bits per heavy atom. The molecule has 0 radical (unpaired) electrons. The minimum atomic E-state index is 0.472. The molecule has 0 aliphatic rings. The summed E-state index contributed by atoms with van der Waals surface area (Å²) in [6.45, 7) is 3.32. The van der Waals surface area contributed by atoms with Gasteiger partial charge in [0.05, 0.1) is 0 Å². The van der Waals surface area contributed by atoms with Gasteiger partial charge in [-0.2, -0.15) is 0 Å². The van der Waals surface area contributed by atoms with Gasteiger partial charge in [0.1, 0.15) is 18.9 Å². The van der Waals surface area contributed by atoms with E-state index < -0.39 is 0 Å². The van der Waals surface area contributed by atoms with Crippen LogP contribution in [-0.2, 0) is 14.4 Å². The van der Waals surface area contributed by atoms with Gasteiger partial charge in [-0.05, 0) is 12.2 Å². The summed E-state index contributed by atoms with van der Waals surface area (Å²) < 4.78 is 0. The molecule has 0 heterocycles. The lowest BCUT2D eigenvalue weighted by Crippen LogP contribution is -1.59. The zero-order valence-electron chi connectivity index (χ0n) is 6.10. The highest BCUT2D eigenvalue weighted by atomic mass is 16.1. The Labute approximate surface area is 65.4 Å². The molecule has 0 N–H and O–H groups in total. The van der Waals surface area contributed by atoms with Crippen LogP contribution in [0, 0.1) is 0 Å². The van der Waals surface area contributed by atoms with Crippen LogP contribution in [-0.4, -0.2) is 18.9 Å². The van der Waals surface area contributed by atoms with E-state index in [1.165, 1.54) is 0 Å². The Morgan fingerprint density at radius 2 is 1.45 bits per heavy atom. The van der Waals surface area contributed by atoms with E-state index in [2.05, 4.69) is 6.58 Å². The third-order valence-electron chi connectivity index (χ3n) is 0.531. The molecule has 0 spiro atoms. The summed E-state index contributed by atoms with van der Waals surface area (Å²) in [5, 5.41) is 0. The molecule has 0 bridgehead atoms. The van der Waals surface area contributed by atoms with Crippen molar-refractivity contribution in [2.75, 3.05) is 0 Å². The van der Waals surface area contributed by atoms with Crippen LogP contribution in [0.5, 0.6) is 0 Å². The van der Waals surface area contributed by atoms with E-state index in [0.717, 1.165) is 18.4 Å². The second kappa shape index (κ2) is 15.8. The lowest BCUT2D eigenvalue weighted by Gasteiger charge is -1.59. The molecule has 3 heteroatoms. The van der Waals surface area contributed by atoms with Crippen LogP contribution < -0.4 is 0 Å². The van der Waals surface area contributed by atoms with Crippen molar-refractivity contribution in [2.24, 2.45) is 0 Å². The lowest BCUT2D eigenvalue weighted by atomic mass is 10.5. The molecule has 0 aromatic rings. The van der Waals surface area contributed by atoms with E-state index in [4.69, 9.17) is 0 Å². The maximum absolute atomic E-state index is 9.33. The van der Waals surface area contributed by atoms with Crippen LogP contribution in [0.1, 0.15) is 6.42 Å². The van der Waals surface area contributed by atoms with Gasteiger partial charge in [-0.15, -0.1) is 6.58 Å². The second-order valence-electron chi connectivity index (χ2n) is 1.35. The van der Waals surface area contributed by atoms with Gasteiger partial charge in [0, 0.05) is 6.42 Å². The topological polar surface area (TPSA) is 51.2 Å². The Morgan fingerprint density at radius 1 is 1.00 bits per heavy atom. The van der Waals surface area contributed by atoms with Crippen LogP contribution >= 0.6 is 0 Å². The number of rotatable bonds is 4. The SMILES string of the molecule is C=CCC=O.O=CC=CC=O. The number of allylic oxidation sites excluding steroid dienone is 3. The van der Waals surface area contributed by atoms with E-state index in [0.29, 0.717) is 19.0 Å². The zero-order chi connectivity index (χ0) is 8.95. The van der Waals surface area contributed by atoms with E-state index in [1.54, 1.807) is 6.08 Å². The molecule has 0 fully saturated rings. The van der Waals surface area contributed by atoms with Crippen LogP contribution in [0.2, 0.25) is 0 Å². The van der Waals surface area contributed by atoms with E-state index in [-0.39, 0.29) is 0 Å². The molecule has 0 saturated heterocycles. The zero-order valence-corrected chi connectivity index (χ0v) is 6.10. The summed E-state index contributed by atoms with van der Waals surface area (Å²) in [6.07, 6.45) is 6.21. The van der Waals surface area contributed by atoms with Gasteiger partial charge in [0.15, 0.2) is 0 Å². The molecule has 0 rings (SSSR count). The number of carbonyl (C=O) groups is 3. The number of hydrogen-bond donors (Lipinski definition) is 0. The van der Waals surface area contributed by atoms with E-state index in [9.17, 15) is 14.4 Å². The average Bonchev–Trinajstić information content (AvgIpc) is 2.04. The number of hydrogen-bond acceptors (Lipinski definition) is 3. The minimum Gasteiger partial charge on any atom is -0.303 e. The van der Waals surface area contributed by atoms with E-state index in [1.807, 2.05) is 0 Å². The molecule has 0 aliphatic carbocycles. The van der Waals surface area contributed by atoms with Crippen LogP contribution in [0.4, 0.5) is 0 Å². The van der Waals surface area contributed by atoms with Gasteiger partial charge in [-0.3, -0.25) is 9.59 Å². The van der Waals surface area contributed by atoms with Gasteiger partial charge < -0.3 is 4.79 Å². The Bertz CT molecular complexity index is 131. The maximum atomic E-state index is 9.33. The van der Waals surface area contributed by atoms with Gasteiger partial charge in [0.2, 0.25) is 0 Å². The highest BCUT2D eigenvalue weighted by Gasteiger charge is 1.59. The predicted octanol–water partition coefficient (Wildman–Crippen LogP) is 0.702. The smallest absolute Gasteiger partial charge is 0.142 e. The highest BCUT2D eigenvalue weighted by Crippen LogP contribution is 1.64. The first-order valence-electron chi connectivity index (χ1n) is 2.93. The Kier molecular flexibility index (Phi) is 17.5. The summed E-state index contributed by atoms with van der Waals surface area (Å²) >= 11 is 0. The van der Waals surface area contributed by atoms with Crippen LogP contribution in [0.25, 0.3) is 0 Å². The normalized spacial score (nSPS) is 7.64. The molecule has 0 aliphatic heterocycles. The van der Waals surface area contributed by atoms with Crippen molar-refractivity contribution in [1.29, 1.82) is 0 Å². The average molecular weight is 154 g/mol. The molecular weight excluding hydrogens is 144 g/mol. The minimum absolute atomic E-state index is 0.472. The maximum Gasteiger partial charge on any atom is 0.142 e. The van der Waals surface area contributed by atoms with Crippen molar-refractivity contribution in [3.8, 4) is 0 Å². The summed E-state index contributed by atoms with van der Waals surface area (Å²) in [7, 11) is 0. The van der Waals surface area contributed by atoms with Crippen molar-refractivity contribution in [1.82, 2.24) is 0 Å². The number of aldehydes is 3. The lowest BCUT2D eigenvalue weighted by molar-refractivity contribution is -0.107. The molecule has 3 nitrogen and oxygen atoms in total. The molecule has 60 valence electrons. The fraction of sp³-hybridized carbons (Fsp3) is 0.125. The van der Waals surface area contributed by atoms with Gasteiger partial charge in [-0.1, -0.05) is 6.08 Å². The Balaban J connectivity index is 0. The standard InChI is InChI=1S/C4H4O2.C4H6O/c5-3-1-2-4-6;1-2-3-4-5/h1-4H;2,4H,1,3H2. The van der Waals surface area contributed by atoms with Crippen molar-refractivity contribution in [3.05, 3.63) is 24.8 Å². The third-order valence-corrected chi connectivity index (χ3v) is 0.531. The molecule has 11 heavy (non-hydrogen) atoms. The van der Waals surface area contributed by atoms with Crippen LogP contribution in [0.3, 0.4) is 0 Å². The third kappa shape index (κ3) is 29.4. The summed E-state index contributed by atoms with van der Waals surface area (Å²) in [5.41, 5.74) is 0. The monoisotopic (exact) mass is 154 g/mol.